The Morgan fingerprint density at radius 3 is 2.50 bits per heavy atom. The summed E-state index contributed by atoms with van der Waals surface area (Å²) < 4.78 is 56.2. The van der Waals surface area contributed by atoms with Gasteiger partial charge in [-0.25, -0.2) is 9.37 Å². The van der Waals surface area contributed by atoms with E-state index < -0.39 is 11.8 Å². The van der Waals surface area contributed by atoms with Gasteiger partial charge in [0.2, 0.25) is 0 Å². The Balaban J connectivity index is 1.36. The van der Waals surface area contributed by atoms with Crippen LogP contribution in [0.5, 0.6) is 5.75 Å². The summed E-state index contributed by atoms with van der Waals surface area (Å²) in [6, 6.07) is 13.4. The molecule has 5 nitrogen and oxygen atoms in total. The molecule has 1 spiro atoms. The molecule has 0 bridgehead atoms. The average Bonchev–Trinajstić information content (AvgIpc) is 3.18. The van der Waals surface area contributed by atoms with Crippen molar-refractivity contribution in [1.82, 2.24) is 9.88 Å². The summed E-state index contributed by atoms with van der Waals surface area (Å²) in [6.07, 6.45) is 1.87. The number of carbonyl (C=O) groups is 1. The van der Waals surface area contributed by atoms with Crippen LogP contribution in [0.1, 0.15) is 34.3 Å². The molecule has 0 saturated carbocycles. The molecule has 10 heteroatoms. The van der Waals surface area contributed by atoms with Gasteiger partial charge in [-0.15, -0.1) is 13.2 Å². The van der Waals surface area contributed by atoms with Crippen LogP contribution in [0.3, 0.4) is 0 Å². The van der Waals surface area contributed by atoms with Crippen molar-refractivity contribution < 1.29 is 27.1 Å². The maximum Gasteiger partial charge on any atom is 0.573 e. The molecule has 1 saturated heterocycles. The zero-order valence-corrected chi connectivity index (χ0v) is 21.0. The van der Waals surface area contributed by atoms with Crippen LogP contribution in [-0.4, -0.2) is 48.3 Å². The lowest BCUT2D eigenvalue weighted by atomic mass is 9.74. The van der Waals surface area contributed by atoms with E-state index >= 15 is 0 Å². The fourth-order valence-corrected chi connectivity index (χ4v) is 5.39. The van der Waals surface area contributed by atoms with Gasteiger partial charge in [-0.1, -0.05) is 35.9 Å². The van der Waals surface area contributed by atoms with E-state index in [1.807, 2.05) is 12.2 Å². The van der Waals surface area contributed by atoms with Gasteiger partial charge < -0.3 is 9.64 Å². The molecule has 1 amide bonds. The topological polar surface area (TPSA) is 45.7 Å². The molecule has 2 aliphatic rings. The largest absolute Gasteiger partial charge is 0.573 e. The average molecular weight is 546 g/mol. The summed E-state index contributed by atoms with van der Waals surface area (Å²) in [5.41, 5.74) is 1.99. The van der Waals surface area contributed by atoms with Gasteiger partial charge >= 0.3 is 6.36 Å². The normalized spacial score (nSPS) is 17.2. The van der Waals surface area contributed by atoms with Crippen LogP contribution in [0.4, 0.5) is 23.2 Å². The Kier molecular flexibility index (Phi) is 7.15. The van der Waals surface area contributed by atoms with E-state index in [1.165, 1.54) is 42.6 Å². The Morgan fingerprint density at radius 1 is 1.08 bits per heavy atom. The molecule has 1 fully saturated rings. The first-order valence-corrected chi connectivity index (χ1v) is 12.5. The lowest BCUT2D eigenvalue weighted by Gasteiger charge is -2.39. The number of hydrogen-bond acceptors (Lipinski definition) is 4. The minimum absolute atomic E-state index is 0.181. The smallest absolute Gasteiger partial charge is 0.406 e. The summed E-state index contributed by atoms with van der Waals surface area (Å²) in [5.74, 6) is -0.883. The molecule has 0 aliphatic carbocycles. The molecule has 2 aromatic carbocycles. The number of rotatable bonds is 5. The number of fused-ring (bicyclic) bond motifs is 2. The van der Waals surface area contributed by atoms with E-state index in [4.69, 9.17) is 11.6 Å². The number of hydrogen-bond donors (Lipinski definition) is 0. The number of halogens is 5. The zero-order valence-electron chi connectivity index (χ0n) is 20.2. The molecular formula is C28H24ClF4N3O2. The third-order valence-corrected chi connectivity index (χ3v) is 7.31. The van der Waals surface area contributed by atoms with Crippen LogP contribution < -0.4 is 9.64 Å². The number of pyridine rings is 1. The first-order chi connectivity index (χ1) is 18.1. The molecule has 38 heavy (non-hydrogen) atoms. The number of amides is 1. The van der Waals surface area contributed by atoms with Crippen LogP contribution in [-0.2, 0) is 5.41 Å². The molecule has 0 atom stereocenters. The van der Waals surface area contributed by atoms with Gasteiger partial charge in [0.15, 0.2) is 0 Å². The van der Waals surface area contributed by atoms with Crippen LogP contribution in [0, 0.1) is 5.82 Å². The maximum atomic E-state index is 13.4. The molecule has 2 aliphatic heterocycles. The minimum Gasteiger partial charge on any atom is -0.406 e. The maximum absolute atomic E-state index is 13.4. The van der Waals surface area contributed by atoms with Gasteiger partial charge in [0.05, 0.1) is 0 Å². The van der Waals surface area contributed by atoms with Crippen molar-refractivity contribution in [3.8, 4) is 5.75 Å². The Labute approximate surface area is 222 Å². The third-order valence-electron chi connectivity index (χ3n) is 7.10. The van der Waals surface area contributed by atoms with E-state index in [0.29, 0.717) is 55.8 Å². The molecular weight excluding hydrogens is 522 g/mol. The fraction of sp³-hybridized carbons (Fsp3) is 0.286. The van der Waals surface area contributed by atoms with E-state index in [1.54, 1.807) is 23.1 Å². The number of alkyl halides is 3. The quantitative estimate of drug-likeness (QED) is 0.272. The van der Waals surface area contributed by atoms with Crippen LogP contribution in [0.15, 0.2) is 66.9 Å². The number of benzene rings is 2. The predicted molar refractivity (Wildman–Crippen MR) is 137 cm³/mol. The Hall–Kier alpha value is -3.43. The van der Waals surface area contributed by atoms with Crippen LogP contribution in [0.2, 0.25) is 5.15 Å². The molecule has 0 unspecified atom stereocenters. The van der Waals surface area contributed by atoms with Crippen molar-refractivity contribution in [3.05, 3.63) is 94.5 Å². The van der Waals surface area contributed by atoms with Crippen molar-refractivity contribution in [1.29, 1.82) is 0 Å². The second kappa shape index (κ2) is 10.4. The van der Waals surface area contributed by atoms with Crippen molar-refractivity contribution in [2.24, 2.45) is 0 Å². The SMILES string of the molecule is O=C(c1ccnc(Cl)c1)N1CC2(CCN(CC=Cc3ccc(F)cc3)CC2)c2cc(OC(F)(F)F)ccc21. The number of ether oxygens (including phenoxy) is 1. The van der Waals surface area contributed by atoms with E-state index in [2.05, 4.69) is 14.6 Å². The molecule has 5 rings (SSSR count). The molecule has 1 aromatic heterocycles. The number of anilines is 1. The highest BCUT2D eigenvalue weighted by atomic mass is 35.5. The summed E-state index contributed by atoms with van der Waals surface area (Å²) >= 11 is 5.99. The Bertz CT molecular complexity index is 1350. The van der Waals surface area contributed by atoms with Gasteiger partial charge in [0.25, 0.3) is 5.91 Å². The zero-order chi connectivity index (χ0) is 26.9. The summed E-state index contributed by atoms with van der Waals surface area (Å²) in [6.45, 7) is 2.41. The second-order valence-electron chi connectivity index (χ2n) is 9.52. The van der Waals surface area contributed by atoms with Crippen LogP contribution in [0.25, 0.3) is 6.08 Å². The number of aromatic nitrogens is 1. The summed E-state index contributed by atoms with van der Waals surface area (Å²) in [5, 5.41) is 0.181. The lowest BCUT2D eigenvalue weighted by molar-refractivity contribution is -0.274. The first kappa shape index (κ1) is 26.2. The van der Waals surface area contributed by atoms with Gasteiger partial charge in [-0.05, 0) is 79.5 Å². The Morgan fingerprint density at radius 2 is 1.82 bits per heavy atom. The van der Waals surface area contributed by atoms with Crippen molar-refractivity contribution in [2.75, 3.05) is 31.1 Å². The molecule has 3 aromatic rings. The monoisotopic (exact) mass is 545 g/mol. The van der Waals surface area contributed by atoms with Crippen LogP contribution >= 0.6 is 11.6 Å². The molecule has 3 heterocycles. The highest BCUT2D eigenvalue weighted by molar-refractivity contribution is 6.29. The van der Waals surface area contributed by atoms with Gasteiger partial charge in [-0.3, -0.25) is 9.69 Å². The van der Waals surface area contributed by atoms with Crippen molar-refractivity contribution >= 4 is 29.3 Å². The van der Waals surface area contributed by atoms with Gasteiger partial charge in [0, 0.05) is 36.0 Å². The standard InChI is InChI=1S/C28H24ClF4N3O2/c29-25-16-20(9-12-34-25)26(37)36-18-27(23-17-22(7-8-24(23)36)38-28(31,32)33)10-14-35(15-11-27)13-1-2-19-3-5-21(30)6-4-19/h1-9,12,16-17H,10-11,13-15,18H2. The summed E-state index contributed by atoms with van der Waals surface area (Å²) in [4.78, 5) is 21.2. The van der Waals surface area contributed by atoms with Crippen molar-refractivity contribution in [3.63, 3.8) is 0 Å². The van der Waals surface area contributed by atoms with E-state index in [9.17, 15) is 22.4 Å². The molecule has 0 N–H and O–H groups in total. The molecule has 0 radical (unpaired) electrons. The van der Waals surface area contributed by atoms with Gasteiger partial charge in [0.1, 0.15) is 16.7 Å². The van der Waals surface area contributed by atoms with E-state index in [0.717, 1.165) is 5.56 Å². The number of likely N-dealkylation sites (tertiary alicyclic amines) is 1. The minimum atomic E-state index is -4.82. The van der Waals surface area contributed by atoms with Gasteiger partial charge in [-0.2, -0.15) is 0 Å². The number of piperidine rings is 1. The van der Waals surface area contributed by atoms with E-state index in [-0.39, 0.29) is 22.6 Å². The first-order valence-electron chi connectivity index (χ1n) is 12.1. The highest BCUT2D eigenvalue weighted by Crippen LogP contribution is 2.49. The fourth-order valence-electron chi connectivity index (χ4n) is 5.22. The third kappa shape index (κ3) is 5.68. The second-order valence-corrected chi connectivity index (χ2v) is 9.91. The predicted octanol–water partition coefficient (Wildman–Crippen LogP) is 6.48. The number of carbonyl (C=O) groups excluding carboxylic acids is 1. The van der Waals surface area contributed by atoms with Crippen molar-refractivity contribution in [2.45, 2.75) is 24.6 Å². The highest BCUT2D eigenvalue weighted by Gasteiger charge is 2.47. The molecule has 198 valence electrons. The summed E-state index contributed by atoms with van der Waals surface area (Å²) in [7, 11) is 0. The number of nitrogens with zero attached hydrogens (tertiary/aromatic N) is 3. The lowest BCUT2D eigenvalue weighted by Crippen LogP contribution is -2.46.